The first-order valence-corrected chi connectivity index (χ1v) is 8.75. The van der Waals surface area contributed by atoms with Crippen LogP contribution in [-0.4, -0.2) is 35.3 Å². The number of benzene rings is 1. The average molecular weight is 328 g/mol. The zero-order valence-electron chi connectivity index (χ0n) is 15.1. The molecule has 0 bridgehead atoms. The van der Waals surface area contributed by atoms with Gasteiger partial charge >= 0.3 is 0 Å². The summed E-state index contributed by atoms with van der Waals surface area (Å²) in [7, 11) is 0. The smallest absolute Gasteiger partial charge is 0.245 e. The van der Waals surface area contributed by atoms with E-state index in [1.54, 1.807) is 13.0 Å². The molecule has 130 valence electrons. The molecule has 1 aromatic carbocycles. The summed E-state index contributed by atoms with van der Waals surface area (Å²) in [5.74, 6) is -0.226. The van der Waals surface area contributed by atoms with Crippen molar-refractivity contribution in [2.75, 3.05) is 6.54 Å². The Morgan fingerprint density at radius 2 is 2.04 bits per heavy atom. The lowest BCUT2D eigenvalue weighted by Gasteiger charge is -2.35. The van der Waals surface area contributed by atoms with Crippen molar-refractivity contribution in [2.24, 2.45) is 0 Å². The van der Waals surface area contributed by atoms with Gasteiger partial charge < -0.3 is 10.2 Å². The fraction of sp³-hybridized carbons (Fsp3) is 0.500. The lowest BCUT2D eigenvalue weighted by molar-refractivity contribution is -0.138. The first-order valence-electron chi connectivity index (χ1n) is 8.75. The Hall–Kier alpha value is -2.10. The predicted molar refractivity (Wildman–Crippen MR) is 97.6 cm³/mol. The van der Waals surface area contributed by atoms with Crippen molar-refractivity contribution in [3.63, 3.8) is 0 Å². The zero-order chi connectivity index (χ0) is 17.7. The van der Waals surface area contributed by atoms with Crippen LogP contribution in [0.2, 0.25) is 0 Å². The van der Waals surface area contributed by atoms with E-state index in [1.165, 1.54) is 18.1 Å². The fourth-order valence-corrected chi connectivity index (χ4v) is 3.18. The van der Waals surface area contributed by atoms with E-state index in [4.69, 9.17) is 0 Å². The molecule has 24 heavy (non-hydrogen) atoms. The van der Waals surface area contributed by atoms with E-state index in [9.17, 15) is 9.59 Å². The number of piperidine rings is 1. The summed E-state index contributed by atoms with van der Waals surface area (Å²) in [6.07, 6.45) is 6.55. The molecule has 4 heteroatoms. The molecule has 1 aliphatic heterocycles. The van der Waals surface area contributed by atoms with Crippen LogP contribution in [0, 0.1) is 13.8 Å². The number of carbonyl (C=O) groups excluding carboxylic acids is 2. The minimum atomic E-state index is -0.498. The van der Waals surface area contributed by atoms with Crippen molar-refractivity contribution in [2.45, 2.75) is 59.0 Å². The van der Waals surface area contributed by atoms with Gasteiger partial charge in [-0.3, -0.25) is 9.59 Å². The molecular weight excluding hydrogens is 300 g/mol. The van der Waals surface area contributed by atoms with Crippen LogP contribution in [0.15, 0.2) is 24.3 Å². The minimum Gasteiger partial charge on any atom is -0.341 e. The molecule has 0 spiro atoms. The molecule has 1 saturated heterocycles. The first-order chi connectivity index (χ1) is 11.4. The summed E-state index contributed by atoms with van der Waals surface area (Å²) in [6.45, 7) is 8.69. The van der Waals surface area contributed by atoms with Crippen LogP contribution >= 0.6 is 0 Å². The molecule has 0 aliphatic carbocycles. The summed E-state index contributed by atoms with van der Waals surface area (Å²) in [5, 5.41) is 2.78. The molecule has 2 unspecified atom stereocenters. The number of likely N-dealkylation sites (tertiary alicyclic amines) is 1. The standard InChI is InChI=1S/C20H28N2O2/c1-14-8-9-18(15(2)13-14)10-11-19(23)21-17(4)20(24)22-12-6-5-7-16(22)3/h8-11,13,16-17H,5-7,12H2,1-4H3,(H,21,23)/b11-10+. The van der Waals surface area contributed by atoms with Crippen LogP contribution in [0.25, 0.3) is 6.08 Å². The highest BCUT2D eigenvalue weighted by molar-refractivity contribution is 5.95. The lowest BCUT2D eigenvalue weighted by Crippen LogP contribution is -2.51. The number of rotatable bonds is 4. The second-order valence-electron chi connectivity index (χ2n) is 6.80. The monoisotopic (exact) mass is 328 g/mol. The number of aryl methyl sites for hydroxylation is 2. The summed E-state index contributed by atoms with van der Waals surface area (Å²) in [6, 6.07) is 5.87. The summed E-state index contributed by atoms with van der Waals surface area (Å²) < 4.78 is 0. The van der Waals surface area contributed by atoms with Crippen LogP contribution in [-0.2, 0) is 9.59 Å². The second kappa shape index (κ2) is 8.13. The van der Waals surface area contributed by atoms with Crippen LogP contribution in [0.3, 0.4) is 0 Å². The molecule has 4 nitrogen and oxygen atoms in total. The molecule has 1 aliphatic rings. The van der Waals surface area contributed by atoms with E-state index in [-0.39, 0.29) is 17.9 Å². The molecule has 1 aromatic rings. The molecule has 1 heterocycles. The molecule has 1 fully saturated rings. The normalized spacial score (nSPS) is 19.3. The van der Waals surface area contributed by atoms with Gasteiger partial charge in [-0.05, 0) is 64.2 Å². The van der Waals surface area contributed by atoms with Gasteiger partial charge in [0.15, 0.2) is 0 Å². The van der Waals surface area contributed by atoms with Gasteiger partial charge in [0.25, 0.3) is 0 Å². The van der Waals surface area contributed by atoms with Crippen LogP contribution in [0.1, 0.15) is 49.8 Å². The van der Waals surface area contributed by atoms with E-state index in [2.05, 4.69) is 18.3 Å². The van der Waals surface area contributed by atoms with Gasteiger partial charge in [-0.25, -0.2) is 0 Å². The fourth-order valence-electron chi connectivity index (χ4n) is 3.18. The lowest BCUT2D eigenvalue weighted by atomic mass is 10.0. The van der Waals surface area contributed by atoms with Crippen LogP contribution < -0.4 is 5.32 Å². The number of carbonyl (C=O) groups is 2. The van der Waals surface area contributed by atoms with Crippen molar-refractivity contribution in [1.29, 1.82) is 0 Å². The van der Waals surface area contributed by atoms with E-state index < -0.39 is 6.04 Å². The average Bonchev–Trinajstić information content (AvgIpc) is 2.53. The maximum absolute atomic E-state index is 12.5. The van der Waals surface area contributed by atoms with Gasteiger partial charge in [0.2, 0.25) is 11.8 Å². The van der Waals surface area contributed by atoms with Gasteiger partial charge in [-0.2, -0.15) is 0 Å². The zero-order valence-corrected chi connectivity index (χ0v) is 15.1. The third-order valence-electron chi connectivity index (χ3n) is 4.65. The Morgan fingerprint density at radius 1 is 1.29 bits per heavy atom. The van der Waals surface area contributed by atoms with E-state index in [0.717, 1.165) is 30.5 Å². The Morgan fingerprint density at radius 3 is 2.71 bits per heavy atom. The maximum atomic E-state index is 12.5. The first kappa shape index (κ1) is 18.2. The topological polar surface area (TPSA) is 49.4 Å². The highest BCUT2D eigenvalue weighted by atomic mass is 16.2. The molecular formula is C20H28N2O2. The van der Waals surface area contributed by atoms with E-state index in [1.807, 2.05) is 30.9 Å². The highest BCUT2D eigenvalue weighted by Crippen LogP contribution is 2.17. The van der Waals surface area contributed by atoms with Gasteiger partial charge in [-0.1, -0.05) is 23.8 Å². The van der Waals surface area contributed by atoms with Crippen molar-refractivity contribution in [3.05, 3.63) is 41.0 Å². The quantitative estimate of drug-likeness (QED) is 0.863. The van der Waals surface area contributed by atoms with Gasteiger partial charge in [0.05, 0.1) is 0 Å². The summed E-state index contributed by atoms with van der Waals surface area (Å²) in [4.78, 5) is 26.5. The Balaban J connectivity index is 1.93. The molecule has 1 N–H and O–H groups in total. The second-order valence-corrected chi connectivity index (χ2v) is 6.80. The number of hydrogen-bond donors (Lipinski definition) is 1. The molecule has 2 amide bonds. The Kier molecular flexibility index (Phi) is 6.18. The number of amides is 2. The minimum absolute atomic E-state index is 0.00969. The van der Waals surface area contributed by atoms with Crippen molar-refractivity contribution < 1.29 is 9.59 Å². The summed E-state index contributed by atoms with van der Waals surface area (Å²) >= 11 is 0. The predicted octanol–water partition coefficient (Wildman–Crippen LogP) is 3.22. The number of nitrogens with one attached hydrogen (secondary N) is 1. The van der Waals surface area contributed by atoms with E-state index in [0.29, 0.717) is 0 Å². The molecule has 0 aromatic heterocycles. The third kappa shape index (κ3) is 4.70. The van der Waals surface area contributed by atoms with Crippen molar-refractivity contribution >= 4 is 17.9 Å². The molecule has 0 saturated carbocycles. The molecule has 2 atom stereocenters. The van der Waals surface area contributed by atoms with Crippen molar-refractivity contribution in [3.8, 4) is 0 Å². The van der Waals surface area contributed by atoms with E-state index >= 15 is 0 Å². The molecule has 0 radical (unpaired) electrons. The Bertz CT molecular complexity index is 637. The summed E-state index contributed by atoms with van der Waals surface area (Å²) in [5.41, 5.74) is 3.34. The van der Waals surface area contributed by atoms with Crippen molar-refractivity contribution in [1.82, 2.24) is 10.2 Å². The van der Waals surface area contributed by atoms with Crippen LogP contribution in [0.4, 0.5) is 0 Å². The maximum Gasteiger partial charge on any atom is 0.245 e. The SMILES string of the molecule is Cc1ccc(/C=C/C(=O)NC(C)C(=O)N2CCCCC2C)c(C)c1. The highest BCUT2D eigenvalue weighted by Gasteiger charge is 2.27. The van der Waals surface area contributed by atoms with Gasteiger partial charge in [0, 0.05) is 18.7 Å². The van der Waals surface area contributed by atoms with Gasteiger partial charge in [-0.15, -0.1) is 0 Å². The number of nitrogens with zero attached hydrogens (tertiary/aromatic N) is 1. The van der Waals surface area contributed by atoms with Crippen LogP contribution in [0.5, 0.6) is 0 Å². The number of hydrogen-bond acceptors (Lipinski definition) is 2. The third-order valence-corrected chi connectivity index (χ3v) is 4.65. The van der Waals surface area contributed by atoms with Gasteiger partial charge in [0.1, 0.15) is 6.04 Å². The Labute approximate surface area is 144 Å². The molecule has 2 rings (SSSR count). The largest absolute Gasteiger partial charge is 0.341 e.